The second kappa shape index (κ2) is 4.78. The van der Waals surface area contributed by atoms with Crippen LogP contribution in [0.15, 0.2) is 64.5 Å². The van der Waals surface area contributed by atoms with E-state index in [2.05, 4.69) is 4.99 Å². The van der Waals surface area contributed by atoms with E-state index >= 15 is 0 Å². The molecule has 0 aromatic heterocycles. The maximum absolute atomic E-state index is 12.1. The van der Waals surface area contributed by atoms with Crippen LogP contribution in [0.25, 0.3) is 0 Å². The molecule has 3 rings (SSSR count). The number of thioether (sulfide) groups is 1. The van der Waals surface area contributed by atoms with Gasteiger partial charge in [0, 0.05) is 4.90 Å². The molecule has 0 saturated carbocycles. The second-order valence-electron chi connectivity index (χ2n) is 4.04. The fourth-order valence-corrected chi connectivity index (χ4v) is 3.03. The van der Waals surface area contributed by atoms with Crippen molar-refractivity contribution >= 4 is 29.4 Å². The highest BCUT2D eigenvalue weighted by atomic mass is 32.2. The largest absolute Gasteiger partial charge is 0.291 e. The third-order valence-electron chi connectivity index (χ3n) is 2.80. The smallest absolute Gasteiger partial charge is 0.191 e. The highest BCUT2D eigenvalue weighted by molar-refractivity contribution is 8.00. The fraction of sp³-hybridized carbons (Fsp3) is 0.0667. The molecule has 0 amide bonds. The molecule has 0 radical (unpaired) electrons. The summed E-state index contributed by atoms with van der Waals surface area (Å²) in [7, 11) is 0. The molecule has 1 atom stereocenters. The van der Waals surface area contributed by atoms with Gasteiger partial charge in [0.25, 0.3) is 0 Å². The lowest BCUT2D eigenvalue weighted by Crippen LogP contribution is -2.09. The number of Topliss-reactive ketones (excluding diaryl/α,β-unsaturated/α-hetero) is 1. The zero-order chi connectivity index (χ0) is 12.4. The van der Waals surface area contributed by atoms with Gasteiger partial charge in [0.1, 0.15) is 0 Å². The molecule has 1 aliphatic rings. The average molecular weight is 253 g/mol. The molecule has 2 aromatic rings. The Labute approximate surface area is 110 Å². The van der Waals surface area contributed by atoms with E-state index in [9.17, 15) is 4.79 Å². The zero-order valence-corrected chi connectivity index (χ0v) is 10.4. The number of para-hydroxylation sites is 1. The van der Waals surface area contributed by atoms with Crippen molar-refractivity contribution in [2.45, 2.75) is 10.1 Å². The lowest BCUT2D eigenvalue weighted by atomic mass is 10.1. The first kappa shape index (κ1) is 11.2. The van der Waals surface area contributed by atoms with E-state index in [1.54, 1.807) is 11.8 Å². The molecule has 0 aliphatic carbocycles. The molecule has 0 saturated heterocycles. The van der Waals surface area contributed by atoms with Crippen molar-refractivity contribution < 1.29 is 4.79 Å². The Morgan fingerprint density at radius 1 is 0.944 bits per heavy atom. The predicted octanol–water partition coefficient (Wildman–Crippen LogP) is 3.81. The highest BCUT2D eigenvalue weighted by Crippen LogP contribution is 2.41. The molecule has 2 aromatic carbocycles. The van der Waals surface area contributed by atoms with Crippen molar-refractivity contribution in [1.82, 2.24) is 0 Å². The molecule has 0 N–H and O–H groups in total. The van der Waals surface area contributed by atoms with Crippen LogP contribution in [0.3, 0.4) is 0 Å². The molecule has 18 heavy (non-hydrogen) atoms. The summed E-state index contributed by atoms with van der Waals surface area (Å²) >= 11 is 1.56. The summed E-state index contributed by atoms with van der Waals surface area (Å²) in [5.74, 6) is 0.0439. The lowest BCUT2D eigenvalue weighted by Gasteiger charge is -2.12. The zero-order valence-electron chi connectivity index (χ0n) is 9.61. The first-order valence-corrected chi connectivity index (χ1v) is 6.61. The van der Waals surface area contributed by atoms with Crippen molar-refractivity contribution in [2.24, 2.45) is 4.99 Å². The number of carbonyl (C=O) groups is 1. The number of nitrogens with zero attached hydrogens (tertiary/aromatic N) is 1. The summed E-state index contributed by atoms with van der Waals surface area (Å²) in [5.41, 5.74) is 1.89. The van der Waals surface area contributed by atoms with Gasteiger partial charge in [0.15, 0.2) is 5.78 Å². The summed E-state index contributed by atoms with van der Waals surface area (Å²) < 4.78 is 0. The minimum absolute atomic E-state index is 0.0439. The molecule has 88 valence electrons. The quantitative estimate of drug-likeness (QED) is 0.773. The van der Waals surface area contributed by atoms with Crippen molar-refractivity contribution in [3.63, 3.8) is 0 Å². The minimum atomic E-state index is -0.196. The molecule has 1 unspecified atom stereocenters. The maximum atomic E-state index is 12.1. The van der Waals surface area contributed by atoms with E-state index in [0.717, 1.165) is 16.1 Å². The SMILES string of the molecule is O=C1C=Nc2ccccc2SC1c1ccccc1. The number of hydrogen-bond donors (Lipinski definition) is 0. The van der Waals surface area contributed by atoms with Crippen molar-refractivity contribution in [3.8, 4) is 0 Å². The molecular weight excluding hydrogens is 242 g/mol. The van der Waals surface area contributed by atoms with Crippen LogP contribution in [0.5, 0.6) is 0 Å². The summed E-state index contributed by atoms with van der Waals surface area (Å²) in [6.45, 7) is 0. The summed E-state index contributed by atoms with van der Waals surface area (Å²) in [4.78, 5) is 17.4. The molecule has 0 bridgehead atoms. The molecule has 0 fully saturated rings. The molecule has 1 aliphatic heterocycles. The van der Waals surface area contributed by atoms with E-state index in [1.165, 1.54) is 6.21 Å². The van der Waals surface area contributed by atoms with Crippen LogP contribution in [0.1, 0.15) is 10.8 Å². The van der Waals surface area contributed by atoms with E-state index in [4.69, 9.17) is 0 Å². The minimum Gasteiger partial charge on any atom is -0.291 e. The number of aliphatic imine (C=N–C) groups is 1. The van der Waals surface area contributed by atoms with Gasteiger partial charge in [-0.3, -0.25) is 9.79 Å². The third-order valence-corrected chi connectivity index (χ3v) is 4.14. The van der Waals surface area contributed by atoms with Crippen LogP contribution in [0.2, 0.25) is 0 Å². The van der Waals surface area contributed by atoms with Crippen LogP contribution in [0, 0.1) is 0 Å². The first-order chi connectivity index (χ1) is 8.84. The number of hydrogen-bond acceptors (Lipinski definition) is 3. The number of benzene rings is 2. The van der Waals surface area contributed by atoms with Gasteiger partial charge in [-0.05, 0) is 17.7 Å². The van der Waals surface area contributed by atoms with Gasteiger partial charge < -0.3 is 0 Å². The van der Waals surface area contributed by atoms with Crippen molar-refractivity contribution in [2.75, 3.05) is 0 Å². The van der Waals surface area contributed by atoms with E-state index in [-0.39, 0.29) is 11.0 Å². The van der Waals surface area contributed by atoms with Crippen molar-refractivity contribution in [3.05, 3.63) is 60.2 Å². The molecule has 0 spiro atoms. The van der Waals surface area contributed by atoms with Gasteiger partial charge in [0.2, 0.25) is 0 Å². The standard InChI is InChI=1S/C15H11NOS/c17-13-10-16-12-8-4-5-9-14(12)18-15(13)11-6-2-1-3-7-11/h1-10,15H. The summed E-state index contributed by atoms with van der Waals surface area (Å²) in [6, 6.07) is 17.7. The number of fused-ring (bicyclic) bond motifs is 1. The molecule has 1 heterocycles. The van der Waals surface area contributed by atoms with Crippen LogP contribution in [-0.4, -0.2) is 12.0 Å². The van der Waals surface area contributed by atoms with Gasteiger partial charge >= 0.3 is 0 Å². The first-order valence-electron chi connectivity index (χ1n) is 5.73. The topological polar surface area (TPSA) is 29.4 Å². The predicted molar refractivity (Wildman–Crippen MR) is 74.6 cm³/mol. The van der Waals surface area contributed by atoms with Crippen LogP contribution in [0.4, 0.5) is 5.69 Å². The van der Waals surface area contributed by atoms with Gasteiger partial charge in [-0.1, -0.05) is 42.5 Å². The van der Waals surface area contributed by atoms with E-state index in [0.29, 0.717) is 0 Å². The van der Waals surface area contributed by atoms with Crippen LogP contribution < -0.4 is 0 Å². The summed E-state index contributed by atoms with van der Waals surface area (Å²) in [6.07, 6.45) is 1.44. The lowest BCUT2D eigenvalue weighted by molar-refractivity contribution is -0.112. The fourth-order valence-electron chi connectivity index (χ4n) is 1.91. The number of rotatable bonds is 1. The Balaban J connectivity index is 2.03. The van der Waals surface area contributed by atoms with Gasteiger partial charge in [-0.2, -0.15) is 0 Å². The Kier molecular flexibility index (Phi) is 2.99. The van der Waals surface area contributed by atoms with Gasteiger partial charge in [0.05, 0.1) is 17.2 Å². The number of ketones is 1. The van der Waals surface area contributed by atoms with Gasteiger partial charge in [-0.25, -0.2) is 0 Å². The van der Waals surface area contributed by atoms with E-state index < -0.39 is 0 Å². The monoisotopic (exact) mass is 253 g/mol. The Morgan fingerprint density at radius 3 is 2.50 bits per heavy atom. The highest BCUT2D eigenvalue weighted by Gasteiger charge is 2.23. The average Bonchev–Trinajstić information content (AvgIpc) is 2.60. The van der Waals surface area contributed by atoms with E-state index in [1.807, 2.05) is 54.6 Å². The Hall–Kier alpha value is -1.87. The third kappa shape index (κ3) is 2.09. The normalized spacial score (nSPS) is 18.2. The Bertz CT molecular complexity index is 607. The Morgan fingerprint density at radius 2 is 1.67 bits per heavy atom. The molecular formula is C15H11NOS. The molecule has 3 heteroatoms. The summed E-state index contributed by atoms with van der Waals surface area (Å²) in [5, 5.41) is -0.196. The van der Waals surface area contributed by atoms with Gasteiger partial charge in [-0.15, -0.1) is 11.8 Å². The van der Waals surface area contributed by atoms with Crippen molar-refractivity contribution in [1.29, 1.82) is 0 Å². The number of carbonyl (C=O) groups excluding carboxylic acids is 1. The van der Waals surface area contributed by atoms with Crippen LogP contribution in [-0.2, 0) is 4.79 Å². The molecule has 2 nitrogen and oxygen atoms in total. The maximum Gasteiger partial charge on any atom is 0.191 e. The van der Waals surface area contributed by atoms with Crippen LogP contribution >= 0.6 is 11.8 Å². The second-order valence-corrected chi connectivity index (χ2v) is 5.18.